The van der Waals surface area contributed by atoms with Crippen molar-refractivity contribution in [3.63, 3.8) is 0 Å². The molecule has 1 fully saturated rings. The number of ether oxygens (including phenoxy) is 1. The minimum atomic E-state index is -5.13. The van der Waals surface area contributed by atoms with Gasteiger partial charge in [-0.15, -0.1) is 0 Å². The number of amides is 4. The Morgan fingerprint density at radius 3 is 1.87 bits per heavy atom. The summed E-state index contributed by atoms with van der Waals surface area (Å²) in [5, 5.41) is 5.36. The quantitative estimate of drug-likeness (QED) is 0.118. The topological polar surface area (TPSA) is 91.0 Å². The molecule has 55 heavy (non-hydrogen) atoms. The molecule has 1 aliphatic heterocycles. The molecule has 0 aliphatic carbocycles. The summed E-state index contributed by atoms with van der Waals surface area (Å²) in [5.41, 5.74) is -0.141. The van der Waals surface area contributed by atoms with Gasteiger partial charge in [-0.2, -0.15) is 26.3 Å². The lowest BCUT2D eigenvalue weighted by molar-refractivity contribution is -0.143. The first kappa shape index (κ1) is 40.7. The van der Waals surface area contributed by atoms with E-state index in [0.29, 0.717) is 24.1 Å². The largest absolute Gasteiger partial charge is 0.445 e. The van der Waals surface area contributed by atoms with E-state index in [-0.39, 0.29) is 38.7 Å². The smallest absolute Gasteiger partial charge is 0.416 e. The highest BCUT2D eigenvalue weighted by Gasteiger charge is 2.39. The number of alkyl halides is 6. The number of benzene rings is 4. The summed E-state index contributed by atoms with van der Waals surface area (Å²) in [5.74, 6) is -1.04. The van der Waals surface area contributed by atoms with Gasteiger partial charge in [0.25, 0.3) is 5.91 Å². The first-order valence-electron chi connectivity index (χ1n) is 18.0. The number of halogens is 6. The Hall–Kier alpha value is -5.53. The summed E-state index contributed by atoms with van der Waals surface area (Å²) in [6.45, 7) is 1.55. The van der Waals surface area contributed by atoms with E-state index < -0.39 is 59.3 Å². The number of carbonyl (C=O) groups is 3. The Bertz CT molecular complexity index is 1860. The summed E-state index contributed by atoms with van der Waals surface area (Å²) in [7, 11) is 0. The third-order valence-electron chi connectivity index (χ3n) is 9.39. The molecule has 4 aromatic carbocycles. The fourth-order valence-corrected chi connectivity index (χ4v) is 6.40. The third-order valence-corrected chi connectivity index (χ3v) is 9.39. The van der Waals surface area contributed by atoms with Crippen molar-refractivity contribution in [3.8, 4) is 0 Å². The molecule has 1 aliphatic rings. The minimum Gasteiger partial charge on any atom is -0.445 e. The zero-order valence-corrected chi connectivity index (χ0v) is 30.1. The molecule has 14 heteroatoms. The van der Waals surface area contributed by atoms with Gasteiger partial charge in [-0.05, 0) is 72.6 Å². The maximum absolute atomic E-state index is 13.8. The van der Waals surface area contributed by atoms with E-state index in [0.717, 1.165) is 24.8 Å². The standard InChI is InChI=1S/C41H42F6N4O4/c1-2-36(49-39(54)55-27-30-18-16-29(17-19-30)13-9-12-28-10-5-3-6-11-28)48-38(53)50-21-20-35(31-14-7-4-8-15-31)51(23-22-50)37(52)32-24-33(40(42,43)44)26-34(25-32)41(45,46)47/h3-8,10-11,14-19,24-26,35-36H,2,9,12-13,20-23,27H2,1H3,(H,48,53)(H,49,54). The number of hydrogen-bond acceptors (Lipinski definition) is 4. The summed E-state index contributed by atoms with van der Waals surface area (Å²) >= 11 is 0. The van der Waals surface area contributed by atoms with E-state index in [1.54, 1.807) is 37.3 Å². The van der Waals surface area contributed by atoms with Gasteiger partial charge in [0.1, 0.15) is 12.8 Å². The van der Waals surface area contributed by atoms with Gasteiger partial charge in [0.05, 0.1) is 17.2 Å². The number of nitrogens with one attached hydrogen (secondary N) is 2. The first-order valence-corrected chi connectivity index (χ1v) is 18.0. The second kappa shape index (κ2) is 18.2. The van der Waals surface area contributed by atoms with Crippen molar-refractivity contribution < 1.29 is 45.5 Å². The number of carbonyl (C=O) groups excluding carboxylic acids is 3. The van der Waals surface area contributed by atoms with E-state index in [9.17, 15) is 40.7 Å². The predicted octanol–water partition coefficient (Wildman–Crippen LogP) is 9.16. The lowest BCUT2D eigenvalue weighted by Gasteiger charge is -2.30. The summed E-state index contributed by atoms with van der Waals surface area (Å²) in [4.78, 5) is 42.5. The van der Waals surface area contributed by atoms with Crippen LogP contribution in [-0.4, -0.2) is 53.6 Å². The molecular formula is C41H42F6N4O4. The molecule has 1 saturated heterocycles. The van der Waals surface area contributed by atoms with Crippen LogP contribution in [0.15, 0.2) is 103 Å². The molecule has 2 N–H and O–H groups in total. The van der Waals surface area contributed by atoms with Gasteiger partial charge in [-0.25, -0.2) is 9.59 Å². The van der Waals surface area contributed by atoms with Crippen molar-refractivity contribution in [2.45, 2.75) is 70.2 Å². The summed E-state index contributed by atoms with van der Waals surface area (Å²) < 4.78 is 87.2. The van der Waals surface area contributed by atoms with Crippen LogP contribution < -0.4 is 10.6 Å². The number of nitrogens with zero attached hydrogens (tertiary/aromatic N) is 2. The number of rotatable bonds is 11. The number of urea groups is 1. The average Bonchev–Trinajstić information content (AvgIpc) is 3.40. The molecule has 2 unspecified atom stereocenters. The van der Waals surface area contributed by atoms with Gasteiger partial charge in [0.15, 0.2) is 0 Å². The Morgan fingerprint density at radius 1 is 0.727 bits per heavy atom. The van der Waals surface area contributed by atoms with E-state index >= 15 is 0 Å². The molecular weight excluding hydrogens is 726 g/mol. The third kappa shape index (κ3) is 11.5. The van der Waals surface area contributed by atoms with Crippen LogP contribution in [-0.2, 0) is 36.5 Å². The molecule has 2 atom stereocenters. The second-order valence-corrected chi connectivity index (χ2v) is 13.3. The molecule has 292 valence electrons. The van der Waals surface area contributed by atoms with Gasteiger partial charge < -0.3 is 25.2 Å². The molecule has 1 heterocycles. The number of aryl methyl sites for hydroxylation is 2. The highest BCUT2D eigenvalue weighted by Crippen LogP contribution is 2.37. The molecule has 8 nitrogen and oxygen atoms in total. The van der Waals surface area contributed by atoms with Gasteiger partial charge in [-0.1, -0.05) is 91.9 Å². The molecule has 0 radical (unpaired) electrons. The van der Waals surface area contributed by atoms with Crippen LogP contribution in [0.5, 0.6) is 0 Å². The Kier molecular flexibility index (Phi) is 13.5. The van der Waals surface area contributed by atoms with Crippen LogP contribution in [0.25, 0.3) is 0 Å². The molecule has 0 aromatic heterocycles. The van der Waals surface area contributed by atoms with Crippen molar-refractivity contribution in [1.82, 2.24) is 20.4 Å². The first-order chi connectivity index (χ1) is 26.2. The second-order valence-electron chi connectivity index (χ2n) is 13.3. The number of alkyl carbamates (subject to hydrolysis) is 1. The molecule has 4 aromatic rings. The molecule has 5 rings (SSSR count). The normalized spacial score (nSPS) is 15.5. The van der Waals surface area contributed by atoms with Gasteiger partial charge in [0, 0.05) is 25.2 Å². The van der Waals surface area contributed by atoms with Crippen molar-refractivity contribution >= 4 is 18.0 Å². The van der Waals surface area contributed by atoms with Crippen molar-refractivity contribution in [2.24, 2.45) is 0 Å². The lowest BCUT2D eigenvalue weighted by Crippen LogP contribution is -2.52. The van der Waals surface area contributed by atoms with E-state index in [2.05, 4.69) is 22.8 Å². The Labute approximate surface area is 315 Å². The molecule has 0 bridgehead atoms. The summed E-state index contributed by atoms with van der Waals surface area (Å²) in [6.07, 6.45) is -8.54. The zero-order valence-electron chi connectivity index (χ0n) is 30.1. The monoisotopic (exact) mass is 768 g/mol. The molecule has 0 spiro atoms. The fraction of sp³-hybridized carbons (Fsp3) is 0.341. The highest BCUT2D eigenvalue weighted by atomic mass is 19.4. The van der Waals surface area contributed by atoms with E-state index in [4.69, 9.17) is 4.74 Å². The summed E-state index contributed by atoms with van der Waals surface area (Å²) in [6, 6.07) is 25.9. The van der Waals surface area contributed by atoms with Gasteiger partial charge in [-0.3, -0.25) is 4.79 Å². The van der Waals surface area contributed by atoms with Gasteiger partial charge in [0.2, 0.25) is 0 Å². The number of hydrogen-bond donors (Lipinski definition) is 2. The van der Waals surface area contributed by atoms with Crippen LogP contribution in [0.4, 0.5) is 35.9 Å². The van der Waals surface area contributed by atoms with Crippen molar-refractivity contribution in [3.05, 3.63) is 142 Å². The van der Waals surface area contributed by atoms with Crippen LogP contribution in [0, 0.1) is 0 Å². The fourth-order valence-electron chi connectivity index (χ4n) is 6.40. The Morgan fingerprint density at radius 2 is 1.29 bits per heavy atom. The van der Waals surface area contributed by atoms with E-state index in [1.807, 2.05) is 42.5 Å². The molecule has 0 saturated carbocycles. The highest BCUT2D eigenvalue weighted by molar-refractivity contribution is 5.95. The van der Waals surface area contributed by atoms with Crippen LogP contribution in [0.2, 0.25) is 0 Å². The van der Waals surface area contributed by atoms with E-state index in [1.165, 1.54) is 20.9 Å². The lowest BCUT2D eigenvalue weighted by atomic mass is 9.99. The zero-order chi connectivity index (χ0) is 39.6. The average molecular weight is 769 g/mol. The minimum absolute atomic E-state index is 0.00765. The van der Waals surface area contributed by atoms with Crippen molar-refractivity contribution in [2.75, 3.05) is 19.6 Å². The van der Waals surface area contributed by atoms with Crippen LogP contribution in [0.1, 0.15) is 76.0 Å². The van der Waals surface area contributed by atoms with Crippen LogP contribution in [0.3, 0.4) is 0 Å². The Balaban J connectivity index is 1.19. The van der Waals surface area contributed by atoms with Crippen molar-refractivity contribution in [1.29, 1.82) is 0 Å². The van der Waals surface area contributed by atoms with Gasteiger partial charge >= 0.3 is 24.5 Å². The maximum Gasteiger partial charge on any atom is 0.416 e. The predicted molar refractivity (Wildman–Crippen MR) is 194 cm³/mol. The maximum atomic E-state index is 13.8. The van der Waals surface area contributed by atoms with Crippen LogP contribution >= 0.6 is 0 Å². The SMILES string of the molecule is CCC(NC(=O)OCc1ccc(CCCc2ccccc2)cc1)NC(=O)N1CCC(c2ccccc2)N(C(=O)c2cc(C(F)(F)F)cc(C(F)(F)F)c2)CC1. The molecule has 4 amide bonds.